The third-order valence-electron chi connectivity index (χ3n) is 6.65. The smallest absolute Gasteiger partial charge is 0.410 e. The van der Waals surface area contributed by atoms with Crippen LogP contribution in [0.4, 0.5) is 15.0 Å². The Morgan fingerprint density at radius 1 is 1.16 bits per heavy atom. The lowest BCUT2D eigenvalue weighted by molar-refractivity contribution is 0.0240. The molecule has 202 valence electrons. The molecule has 2 aromatic carbocycles. The minimum absolute atomic E-state index is 0.196. The van der Waals surface area contributed by atoms with Gasteiger partial charge in [-0.1, -0.05) is 23.7 Å². The molecule has 0 unspecified atom stereocenters. The number of halogens is 2. The van der Waals surface area contributed by atoms with E-state index in [1.807, 2.05) is 31.7 Å². The summed E-state index contributed by atoms with van der Waals surface area (Å²) in [7, 11) is 1.63. The second-order valence-corrected chi connectivity index (χ2v) is 11.9. The number of nitrogens with zero attached hydrogens (tertiary/aromatic N) is 4. The Kier molecular flexibility index (Phi) is 7.32. The van der Waals surface area contributed by atoms with Crippen LogP contribution < -0.4 is 10.6 Å². The average molecular weight is 561 g/mol. The summed E-state index contributed by atoms with van der Waals surface area (Å²) in [6.45, 7) is 7.74. The van der Waals surface area contributed by atoms with Crippen molar-refractivity contribution in [2.24, 2.45) is 0 Å². The van der Waals surface area contributed by atoms with E-state index >= 15 is 0 Å². The zero-order valence-corrected chi connectivity index (χ0v) is 23.4. The van der Waals surface area contributed by atoms with Crippen molar-refractivity contribution in [1.82, 2.24) is 14.5 Å². The highest BCUT2D eigenvalue weighted by Gasteiger charge is 2.30. The molecule has 11 heteroatoms. The molecule has 1 atom stereocenters. The van der Waals surface area contributed by atoms with Gasteiger partial charge < -0.3 is 19.3 Å². The number of aromatic nitrogens is 2. The summed E-state index contributed by atoms with van der Waals surface area (Å²) < 4.78 is 26.5. The van der Waals surface area contributed by atoms with Gasteiger partial charge in [-0.05, 0) is 44.5 Å². The summed E-state index contributed by atoms with van der Waals surface area (Å²) in [6, 6.07) is 8.02. The Hall–Kier alpha value is -2.82. The van der Waals surface area contributed by atoms with Crippen LogP contribution in [0.3, 0.4) is 0 Å². The highest BCUT2D eigenvalue weighted by molar-refractivity contribution is 7.99. The number of carbonyl (C=O) groups is 1. The number of anilines is 1. The van der Waals surface area contributed by atoms with Gasteiger partial charge in [0.1, 0.15) is 17.2 Å². The molecule has 0 aliphatic carbocycles. The van der Waals surface area contributed by atoms with Crippen LogP contribution in [0.1, 0.15) is 20.8 Å². The van der Waals surface area contributed by atoms with Gasteiger partial charge in [-0.3, -0.25) is 4.57 Å². The van der Waals surface area contributed by atoms with Gasteiger partial charge in [0.25, 0.3) is 0 Å². The van der Waals surface area contributed by atoms with Crippen molar-refractivity contribution in [2.75, 3.05) is 43.9 Å². The summed E-state index contributed by atoms with van der Waals surface area (Å²) in [6.07, 6.45) is -0.550. The number of methoxy groups -OCH3 is 1. The van der Waals surface area contributed by atoms with Crippen LogP contribution in [0.15, 0.2) is 40.0 Å². The number of ether oxygens (including phenoxy) is 2. The molecule has 38 heavy (non-hydrogen) atoms. The lowest BCUT2D eigenvalue weighted by Crippen LogP contribution is -2.50. The average Bonchev–Trinajstić information content (AvgIpc) is 3.07. The van der Waals surface area contributed by atoms with Crippen LogP contribution in [-0.2, 0) is 16.0 Å². The van der Waals surface area contributed by atoms with Crippen LogP contribution in [0.25, 0.3) is 22.0 Å². The van der Waals surface area contributed by atoms with E-state index in [2.05, 4.69) is 4.98 Å². The normalized spacial score (nSPS) is 18.0. The first-order valence-electron chi connectivity index (χ1n) is 12.5. The number of carbonyl (C=O) groups excluding carboxylic acids is 1. The topological polar surface area (TPSA) is 76.9 Å². The molecular weight excluding hydrogens is 531 g/mol. The summed E-state index contributed by atoms with van der Waals surface area (Å²) in [5.41, 5.74) is 1.31. The van der Waals surface area contributed by atoms with Gasteiger partial charge in [0.2, 0.25) is 0 Å². The monoisotopic (exact) mass is 560 g/mol. The van der Waals surface area contributed by atoms with Gasteiger partial charge in [-0.2, -0.15) is 4.98 Å². The molecule has 1 amide bonds. The van der Waals surface area contributed by atoms with Crippen LogP contribution >= 0.6 is 23.4 Å². The Bertz CT molecular complexity index is 1430. The molecule has 2 aliphatic rings. The van der Waals surface area contributed by atoms with E-state index in [1.165, 1.54) is 12.1 Å². The maximum Gasteiger partial charge on any atom is 0.410 e. The summed E-state index contributed by atoms with van der Waals surface area (Å²) >= 11 is 8.47. The van der Waals surface area contributed by atoms with Crippen molar-refractivity contribution in [3.05, 3.63) is 51.7 Å². The standard InChI is InChI=1S/C27H30ClFN4O4S/c1-27(2,3)37-26(35)32-11-9-31(10-12-32)24-19-13-20(28)21(16-5-7-17(29)8-6-16)23-22(19)33(25(34)30-24)14-18(36-4)15-38-23/h5-8,13,18H,9-12,14-15H2,1-4H3/t18-/m0/s1. The Balaban J connectivity index is 1.60. The van der Waals surface area contributed by atoms with Crippen LogP contribution in [0, 0.1) is 5.82 Å². The maximum atomic E-state index is 13.7. The number of piperazine rings is 1. The highest BCUT2D eigenvalue weighted by Crippen LogP contribution is 2.45. The van der Waals surface area contributed by atoms with Gasteiger partial charge >= 0.3 is 11.8 Å². The van der Waals surface area contributed by atoms with E-state index in [4.69, 9.17) is 21.1 Å². The highest BCUT2D eigenvalue weighted by atomic mass is 35.5. The first-order chi connectivity index (χ1) is 18.1. The van der Waals surface area contributed by atoms with Gasteiger partial charge in [0.05, 0.1) is 23.2 Å². The number of rotatable bonds is 3. The molecule has 0 bridgehead atoms. The Morgan fingerprint density at radius 3 is 2.47 bits per heavy atom. The number of amides is 1. The first kappa shape index (κ1) is 26.8. The van der Waals surface area contributed by atoms with E-state index in [1.54, 1.807) is 40.5 Å². The lowest BCUT2D eigenvalue weighted by atomic mass is 10.0. The van der Waals surface area contributed by atoms with Gasteiger partial charge in [-0.25, -0.2) is 14.0 Å². The molecule has 0 N–H and O–H groups in total. The van der Waals surface area contributed by atoms with Gasteiger partial charge in [0.15, 0.2) is 0 Å². The van der Waals surface area contributed by atoms with E-state index in [-0.39, 0.29) is 23.7 Å². The number of hydrogen-bond acceptors (Lipinski definition) is 7. The SMILES string of the molecule is CO[C@@H]1CSc2c(-c3ccc(F)cc3)c(Cl)cc3c(N4CCN(C(=O)OC(C)(C)C)CC4)nc(=O)n(c23)C1. The first-order valence-corrected chi connectivity index (χ1v) is 13.8. The molecule has 0 spiro atoms. The molecule has 2 aliphatic heterocycles. The molecule has 8 nitrogen and oxygen atoms in total. The molecule has 1 aromatic heterocycles. The van der Waals surface area contributed by atoms with Crippen molar-refractivity contribution in [2.45, 2.75) is 43.9 Å². The van der Waals surface area contributed by atoms with E-state index < -0.39 is 5.60 Å². The minimum atomic E-state index is -0.574. The largest absolute Gasteiger partial charge is 0.444 e. The van der Waals surface area contributed by atoms with Crippen LogP contribution in [0.5, 0.6) is 0 Å². The fourth-order valence-electron chi connectivity index (χ4n) is 4.80. The predicted molar refractivity (Wildman–Crippen MR) is 148 cm³/mol. The third-order valence-corrected chi connectivity index (χ3v) is 8.17. The van der Waals surface area contributed by atoms with Crippen molar-refractivity contribution < 1.29 is 18.7 Å². The van der Waals surface area contributed by atoms with Crippen molar-refractivity contribution in [3.63, 3.8) is 0 Å². The molecule has 0 radical (unpaired) electrons. The van der Waals surface area contributed by atoms with Crippen LogP contribution in [0.2, 0.25) is 5.02 Å². The third kappa shape index (κ3) is 5.21. The molecular formula is C27H30ClFN4O4S. The molecule has 3 heterocycles. The summed E-state index contributed by atoms with van der Waals surface area (Å²) in [5.74, 6) is 0.818. The predicted octanol–water partition coefficient (Wildman–Crippen LogP) is 5.03. The van der Waals surface area contributed by atoms with E-state index in [0.29, 0.717) is 49.3 Å². The van der Waals surface area contributed by atoms with Crippen molar-refractivity contribution in [3.8, 4) is 11.1 Å². The van der Waals surface area contributed by atoms with Crippen molar-refractivity contribution >= 4 is 46.2 Å². The summed E-state index contributed by atoms with van der Waals surface area (Å²) in [4.78, 5) is 35.0. The zero-order valence-electron chi connectivity index (χ0n) is 21.8. The second-order valence-electron chi connectivity index (χ2n) is 10.4. The quantitative estimate of drug-likeness (QED) is 0.444. The van der Waals surface area contributed by atoms with Gasteiger partial charge in [0, 0.05) is 54.9 Å². The fourth-order valence-corrected chi connectivity index (χ4v) is 6.49. The molecule has 1 fully saturated rings. The Morgan fingerprint density at radius 2 is 1.84 bits per heavy atom. The zero-order chi connectivity index (χ0) is 27.2. The lowest BCUT2D eigenvalue weighted by Gasteiger charge is -2.36. The number of thioether (sulfide) groups is 1. The van der Waals surface area contributed by atoms with E-state index in [0.717, 1.165) is 26.9 Å². The van der Waals surface area contributed by atoms with Crippen molar-refractivity contribution in [1.29, 1.82) is 0 Å². The fraction of sp³-hybridized carbons (Fsp3) is 0.444. The molecule has 0 saturated carbocycles. The molecule has 1 saturated heterocycles. The molecule has 3 aromatic rings. The number of hydrogen-bond donors (Lipinski definition) is 0. The Labute approximate surface area is 229 Å². The molecule has 5 rings (SSSR count). The maximum absolute atomic E-state index is 13.7. The summed E-state index contributed by atoms with van der Waals surface area (Å²) in [5, 5.41) is 1.24. The van der Waals surface area contributed by atoms with E-state index in [9.17, 15) is 14.0 Å². The van der Waals surface area contributed by atoms with Gasteiger partial charge in [-0.15, -0.1) is 11.8 Å². The minimum Gasteiger partial charge on any atom is -0.444 e. The second kappa shape index (κ2) is 10.4. The number of benzene rings is 2. The van der Waals surface area contributed by atoms with Crippen LogP contribution in [-0.4, -0.2) is 71.3 Å².